The molecule has 4 rings (SSSR count). The molecule has 7 heteroatoms. The Balaban J connectivity index is 1.80. The van der Waals surface area contributed by atoms with Crippen LogP contribution in [0, 0.1) is 6.92 Å². The van der Waals surface area contributed by atoms with Crippen LogP contribution in [0.2, 0.25) is 0 Å². The fourth-order valence-electron chi connectivity index (χ4n) is 3.01. The van der Waals surface area contributed by atoms with Gasteiger partial charge in [-0.3, -0.25) is 9.59 Å². The largest absolute Gasteiger partial charge is 0.507 e. The average molecular weight is 365 g/mol. The van der Waals surface area contributed by atoms with Crippen LogP contribution in [0.25, 0.3) is 21.0 Å². The second kappa shape index (κ2) is 5.96. The summed E-state index contributed by atoms with van der Waals surface area (Å²) in [6.45, 7) is 1.76. The van der Waals surface area contributed by atoms with Gasteiger partial charge >= 0.3 is 0 Å². The summed E-state index contributed by atoms with van der Waals surface area (Å²) < 4.78 is 1.40. The molecule has 130 valence electrons. The van der Waals surface area contributed by atoms with E-state index in [9.17, 15) is 14.7 Å². The first-order valence-electron chi connectivity index (χ1n) is 7.94. The Morgan fingerprint density at radius 2 is 1.92 bits per heavy atom. The Labute approximate surface area is 152 Å². The first kappa shape index (κ1) is 16.3. The summed E-state index contributed by atoms with van der Waals surface area (Å²) in [6.07, 6.45) is 1.45. The molecule has 0 fully saturated rings. The molecule has 26 heavy (non-hydrogen) atoms. The predicted octanol–water partition coefficient (Wildman–Crippen LogP) is 3.41. The molecule has 0 aliphatic rings. The fourth-order valence-corrected chi connectivity index (χ4v) is 4.04. The first-order valence-corrected chi connectivity index (χ1v) is 8.76. The lowest BCUT2D eigenvalue weighted by atomic mass is 10.1. The van der Waals surface area contributed by atoms with E-state index >= 15 is 0 Å². The molecule has 0 atom stereocenters. The Morgan fingerprint density at radius 1 is 1.19 bits per heavy atom. The Morgan fingerprint density at radius 3 is 2.73 bits per heavy atom. The van der Waals surface area contributed by atoms with Crippen molar-refractivity contribution in [2.45, 2.75) is 6.92 Å². The van der Waals surface area contributed by atoms with E-state index in [1.165, 1.54) is 22.2 Å². The van der Waals surface area contributed by atoms with Crippen molar-refractivity contribution in [3.8, 4) is 5.75 Å². The lowest BCUT2D eigenvalue weighted by Gasteiger charge is -2.09. The van der Waals surface area contributed by atoms with Crippen molar-refractivity contribution in [1.29, 1.82) is 0 Å². The number of rotatable bonds is 2. The van der Waals surface area contributed by atoms with Gasteiger partial charge in [-0.05, 0) is 24.6 Å². The van der Waals surface area contributed by atoms with Crippen molar-refractivity contribution in [3.63, 3.8) is 0 Å². The lowest BCUT2D eigenvalue weighted by Crippen LogP contribution is -2.17. The van der Waals surface area contributed by atoms with Gasteiger partial charge in [-0.1, -0.05) is 24.3 Å². The van der Waals surface area contributed by atoms with Crippen molar-refractivity contribution in [1.82, 2.24) is 9.55 Å². The quantitative estimate of drug-likeness (QED) is 0.570. The summed E-state index contributed by atoms with van der Waals surface area (Å²) in [6, 6.07) is 10.5. The number of anilines is 1. The summed E-state index contributed by atoms with van der Waals surface area (Å²) in [5, 5.41) is 14.8. The average Bonchev–Trinajstić information content (AvgIpc) is 2.96. The molecule has 6 nitrogen and oxygen atoms in total. The SMILES string of the molecule is Cc1c(C(=O)Nc2cccc3c(O)cccc23)sc2ncn(C)c(=O)c12. The van der Waals surface area contributed by atoms with Crippen molar-refractivity contribution >= 4 is 43.9 Å². The summed E-state index contributed by atoms with van der Waals surface area (Å²) in [4.78, 5) is 30.4. The van der Waals surface area contributed by atoms with E-state index in [-0.39, 0.29) is 17.2 Å². The Kier molecular flexibility index (Phi) is 3.73. The second-order valence-corrected chi connectivity index (χ2v) is 7.03. The van der Waals surface area contributed by atoms with Gasteiger partial charge in [-0.15, -0.1) is 11.3 Å². The van der Waals surface area contributed by atoms with E-state index in [1.54, 1.807) is 44.3 Å². The van der Waals surface area contributed by atoms with E-state index in [4.69, 9.17) is 0 Å². The van der Waals surface area contributed by atoms with Crippen LogP contribution < -0.4 is 10.9 Å². The minimum atomic E-state index is -0.302. The van der Waals surface area contributed by atoms with Crippen molar-refractivity contribution < 1.29 is 9.90 Å². The lowest BCUT2D eigenvalue weighted by molar-refractivity contribution is 0.103. The summed E-state index contributed by atoms with van der Waals surface area (Å²) in [5.74, 6) is -0.146. The van der Waals surface area contributed by atoms with Crippen LogP contribution in [0.5, 0.6) is 5.75 Å². The van der Waals surface area contributed by atoms with Crippen LogP contribution in [0.1, 0.15) is 15.2 Å². The number of carbonyl (C=O) groups excluding carboxylic acids is 1. The van der Waals surface area contributed by atoms with Gasteiger partial charge in [-0.2, -0.15) is 0 Å². The number of thiophene rings is 1. The van der Waals surface area contributed by atoms with Gasteiger partial charge in [-0.25, -0.2) is 4.98 Å². The molecule has 0 aliphatic heterocycles. The number of amides is 1. The van der Waals surface area contributed by atoms with Gasteiger partial charge in [0.2, 0.25) is 0 Å². The van der Waals surface area contributed by atoms with E-state index in [1.807, 2.05) is 6.07 Å². The predicted molar refractivity (Wildman–Crippen MR) is 103 cm³/mol. The normalized spacial score (nSPS) is 11.2. The van der Waals surface area contributed by atoms with Gasteiger partial charge in [0.1, 0.15) is 10.6 Å². The second-order valence-electron chi connectivity index (χ2n) is 6.03. The van der Waals surface area contributed by atoms with Crippen molar-refractivity contribution in [2.24, 2.45) is 7.05 Å². The highest BCUT2D eigenvalue weighted by atomic mass is 32.1. The highest BCUT2D eigenvalue weighted by Crippen LogP contribution is 2.32. The molecule has 1 amide bonds. The molecule has 2 N–H and O–H groups in total. The monoisotopic (exact) mass is 365 g/mol. The van der Waals surface area contributed by atoms with Gasteiger partial charge in [0.15, 0.2) is 0 Å². The van der Waals surface area contributed by atoms with E-state index < -0.39 is 0 Å². The Bertz CT molecular complexity index is 1240. The highest BCUT2D eigenvalue weighted by molar-refractivity contribution is 7.20. The number of nitrogens with zero attached hydrogens (tertiary/aromatic N) is 2. The number of phenols is 1. The third kappa shape index (κ3) is 2.44. The summed E-state index contributed by atoms with van der Waals surface area (Å²) >= 11 is 1.20. The van der Waals surface area contributed by atoms with Gasteiger partial charge in [0, 0.05) is 23.5 Å². The maximum Gasteiger partial charge on any atom is 0.266 e. The first-order chi connectivity index (χ1) is 12.5. The molecule has 0 saturated carbocycles. The number of aryl methyl sites for hydroxylation is 2. The number of aromatic nitrogens is 2. The van der Waals surface area contributed by atoms with Crippen LogP contribution in [0.4, 0.5) is 5.69 Å². The van der Waals surface area contributed by atoms with Gasteiger partial charge < -0.3 is 15.0 Å². The molecule has 0 aliphatic carbocycles. The zero-order valence-corrected chi connectivity index (χ0v) is 14.9. The van der Waals surface area contributed by atoms with Gasteiger partial charge in [0.25, 0.3) is 11.5 Å². The highest BCUT2D eigenvalue weighted by Gasteiger charge is 2.19. The smallest absolute Gasteiger partial charge is 0.266 e. The molecule has 0 saturated heterocycles. The van der Waals surface area contributed by atoms with Crippen LogP contribution >= 0.6 is 11.3 Å². The van der Waals surface area contributed by atoms with Crippen molar-refractivity contribution in [3.05, 3.63) is 63.5 Å². The standard InChI is InChI=1S/C19H15N3O3S/c1-10-15-18(20-9-22(2)19(15)25)26-16(10)17(24)21-13-7-3-6-12-11(13)5-4-8-14(12)23/h3-9,23H,1-2H3,(H,21,24). The molecular formula is C19H15N3O3S. The van der Waals surface area contributed by atoms with E-state index in [0.29, 0.717) is 31.7 Å². The third-order valence-corrected chi connectivity index (χ3v) is 5.56. The van der Waals surface area contributed by atoms with Crippen molar-refractivity contribution in [2.75, 3.05) is 5.32 Å². The Hall–Kier alpha value is -3.19. The molecule has 0 unspecified atom stereocenters. The zero-order chi connectivity index (χ0) is 18.4. The van der Waals surface area contributed by atoms with E-state index in [2.05, 4.69) is 10.3 Å². The molecule has 2 aromatic carbocycles. The molecular weight excluding hydrogens is 350 g/mol. The topological polar surface area (TPSA) is 84.2 Å². The zero-order valence-electron chi connectivity index (χ0n) is 14.1. The number of phenolic OH excluding ortho intramolecular Hbond substituents is 1. The number of carbonyl (C=O) groups is 1. The summed E-state index contributed by atoms with van der Waals surface area (Å²) in [5.41, 5.74) is 1.05. The number of benzene rings is 2. The maximum atomic E-state index is 12.8. The number of aromatic hydroxyl groups is 1. The molecule has 2 heterocycles. The minimum absolute atomic E-state index is 0.157. The molecule has 0 spiro atoms. The number of nitrogens with one attached hydrogen (secondary N) is 1. The number of fused-ring (bicyclic) bond motifs is 2. The third-order valence-electron chi connectivity index (χ3n) is 4.36. The van der Waals surface area contributed by atoms with E-state index in [0.717, 1.165) is 5.39 Å². The number of hydrogen-bond donors (Lipinski definition) is 2. The molecule has 0 bridgehead atoms. The van der Waals surface area contributed by atoms with Crippen LogP contribution in [0.3, 0.4) is 0 Å². The molecule has 2 aromatic heterocycles. The number of hydrogen-bond acceptors (Lipinski definition) is 5. The molecule has 0 radical (unpaired) electrons. The fraction of sp³-hybridized carbons (Fsp3) is 0.105. The minimum Gasteiger partial charge on any atom is -0.507 e. The van der Waals surface area contributed by atoms with Crippen LogP contribution in [0.15, 0.2) is 47.5 Å². The molecule has 4 aromatic rings. The maximum absolute atomic E-state index is 12.8. The van der Waals surface area contributed by atoms with Crippen LogP contribution in [-0.4, -0.2) is 20.6 Å². The van der Waals surface area contributed by atoms with Crippen LogP contribution in [-0.2, 0) is 7.05 Å². The summed E-state index contributed by atoms with van der Waals surface area (Å²) in [7, 11) is 1.63. The van der Waals surface area contributed by atoms with Gasteiger partial charge in [0.05, 0.1) is 16.6 Å².